The first-order chi connectivity index (χ1) is 10.7. The van der Waals surface area contributed by atoms with Crippen LogP contribution in [0, 0.1) is 0 Å². The molecular formula is C16H25N5O. The highest BCUT2D eigenvalue weighted by molar-refractivity contribution is 5.26. The highest BCUT2D eigenvalue weighted by Gasteiger charge is 2.28. The number of fused-ring (bicyclic) bond motifs is 1. The monoisotopic (exact) mass is 303 g/mol. The fourth-order valence-electron chi connectivity index (χ4n) is 3.23. The van der Waals surface area contributed by atoms with Crippen molar-refractivity contribution in [2.45, 2.75) is 39.4 Å². The van der Waals surface area contributed by atoms with Crippen LogP contribution in [0.1, 0.15) is 36.6 Å². The highest BCUT2D eigenvalue weighted by atomic mass is 16.5. The lowest BCUT2D eigenvalue weighted by Gasteiger charge is -2.32. The Morgan fingerprint density at radius 2 is 2.14 bits per heavy atom. The maximum atomic E-state index is 5.70. The summed E-state index contributed by atoms with van der Waals surface area (Å²) in [5.74, 6) is 0.403. The number of nitrogens with zero attached hydrogens (tertiary/aromatic N) is 5. The number of aryl methyl sites for hydroxylation is 2. The highest BCUT2D eigenvalue weighted by Crippen LogP contribution is 2.29. The molecule has 3 heterocycles. The maximum absolute atomic E-state index is 5.70. The van der Waals surface area contributed by atoms with Gasteiger partial charge in [0.25, 0.3) is 0 Å². The summed E-state index contributed by atoms with van der Waals surface area (Å²) < 4.78 is 9.67. The van der Waals surface area contributed by atoms with E-state index in [4.69, 9.17) is 4.74 Å². The Balaban J connectivity index is 1.79. The fourth-order valence-corrected chi connectivity index (χ4v) is 3.23. The smallest absolute Gasteiger partial charge is 0.0560 e. The molecule has 0 fully saturated rings. The molecule has 0 unspecified atom stereocenters. The van der Waals surface area contributed by atoms with Gasteiger partial charge in [-0.25, -0.2) is 0 Å². The molecule has 22 heavy (non-hydrogen) atoms. The number of hydrogen-bond acceptors (Lipinski definition) is 4. The van der Waals surface area contributed by atoms with Crippen LogP contribution in [-0.2, 0) is 31.4 Å². The summed E-state index contributed by atoms with van der Waals surface area (Å²) in [7, 11) is 1.96. The summed E-state index contributed by atoms with van der Waals surface area (Å²) >= 11 is 0. The van der Waals surface area contributed by atoms with E-state index in [1.165, 1.54) is 16.8 Å². The van der Waals surface area contributed by atoms with E-state index >= 15 is 0 Å². The van der Waals surface area contributed by atoms with Crippen LogP contribution in [0.3, 0.4) is 0 Å². The average Bonchev–Trinajstić information content (AvgIpc) is 3.11. The fraction of sp³-hybridized carbons (Fsp3) is 0.625. The standard InChI is InChI=1S/C16H25N5O/c1-4-21-16-11-20(9-13-6-17-19(3)8-13)10-14(12-22-5-2)15(16)7-18-21/h6-8,14H,4-5,9-12H2,1-3H3/t14-/m0/s1. The summed E-state index contributed by atoms with van der Waals surface area (Å²) in [4.78, 5) is 2.47. The van der Waals surface area contributed by atoms with Crippen molar-refractivity contribution in [1.29, 1.82) is 0 Å². The summed E-state index contributed by atoms with van der Waals surface area (Å²) in [5.41, 5.74) is 3.95. The number of ether oxygens (including phenoxy) is 1. The number of rotatable bonds is 6. The van der Waals surface area contributed by atoms with E-state index in [1.807, 2.05) is 31.0 Å². The molecule has 3 rings (SSSR count). The third-order valence-corrected chi connectivity index (χ3v) is 4.26. The van der Waals surface area contributed by atoms with Gasteiger partial charge in [-0.15, -0.1) is 0 Å². The minimum absolute atomic E-state index is 0.403. The third kappa shape index (κ3) is 3.08. The summed E-state index contributed by atoms with van der Waals surface area (Å²) in [6.07, 6.45) is 6.07. The molecule has 1 aliphatic heterocycles. The zero-order valence-electron chi connectivity index (χ0n) is 13.7. The maximum Gasteiger partial charge on any atom is 0.0560 e. The first-order valence-corrected chi connectivity index (χ1v) is 8.03. The number of aromatic nitrogens is 4. The lowest BCUT2D eigenvalue weighted by atomic mass is 9.95. The second-order valence-electron chi connectivity index (χ2n) is 5.91. The van der Waals surface area contributed by atoms with E-state index in [0.29, 0.717) is 5.92 Å². The van der Waals surface area contributed by atoms with Crippen LogP contribution in [0.15, 0.2) is 18.6 Å². The number of hydrogen-bond donors (Lipinski definition) is 0. The van der Waals surface area contributed by atoms with E-state index < -0.39 is 0 Å². The Labute approximate surface area is 131 Å². The van der Waals surface area contributed by atoms with Crippen LogP contribution in [0.5, 0.6) is 0 Å². The minimum Gasteiger partial charge on any atom is -0.381 e. The van der Waals surface area contributed by atoms with Crippen molar-refractivity contribution in [3.05, 3.63) is 35.4 Å². The Hall–Kier alpha value is -1.66. The minimum atomic E-state index is 0.403. The topological polar surface area (TPSA) is 48.1 Å². The molecule has 0 aliphatic carbocycles. The SMILES string of the molecule is CCOC[C@@H]1CN(Cc2cnn(C)c2)Cc2c1cnn2CC. The Morgan fingerprint density at radius 3 is 2.82 bits per heavy atom. The molecule has 2 aromatic rings. The first-order valence-electron chi connectivity index (χ1n) is 8.03. The van der Waals surface area contributed by atoms with Gasteiger partial charge >= 0.3 is 0 Å². The summed E-state index contributed by atoms with van der Waals surface area (Å²) in [6.45, 7) is 9.51. The van der Waals surface area contributed by atoms with Crippen LogP contribution in [0.2, 0.25) is 0 Å². The predicted octanol–water partition coefficient (Wildman–Crippen LogP) is 1.77. The van der Waals surface area contributed by atoms with Gasteiger partial charge in [0, 0.05) is 63.1 Å². The van der Waals surface area contributed by atoms with E-state index in [9.17, 15) is 0 Å². The third-order valence-electron chi connectivity index (χ3n) is 4.26. The summed E-state index contributed by atoms with van der Waals surface area (Å²) in [5, 5.41) is 8.80. The predicted molar refractivity (Wildman–Crippen MR) is 84.5 cm³/mol. The molecule has 120 valence electrons. The molecule has 0 saturated carbocycles. The van der Waals surface area contributed by atoms with Crippen LogP contribution >= 0.6 is 0 Å². The summed E-state index contributed by atoms with van der Waals surface area (Å²) in [6, 6.07) is 0. The molecule has 0 radical (unpaired) electrons. The zero-order chi connectivity index (χ0) is 15.5. The molecule has 0 bridgehead atoms. The average molecular weight is 303 g/mol. The quantitative estimate of drug-likeness (QED) is 0.816. The largest absolute Gasteiger partial charge is 0.381 e. The second kappa shape index (κ2) is 6.62. The van der Waals surface area contributed by atoms with Gasteiger partial charge in [0.05, 0.1) is 24.7 Å². The Bertz CT molecular complexity index is 618. The normalized spacial score (nSPS) is 18.6. The zero-order valence-corrected chi connectivity index (χ0v) is 13.7. The molecule has 1 aliphatic rings. The van der Waals surface area contributed by atoms with Gasteiger partial charge in [0.15, 0.2) is 0 Å². The van der Waals surface area contributed by atoms with E-state index in [0.717, 1.165) is 39.4 Å². The van der Waals surface area contributed by atoms with Crippen molar-refractivity contribution in [3.8, 4) is 0 Å². The van der Waals surface area contributed by atoms with Gasteiger partial charge in [-0.05, 0) is 13.8 Å². The van der Waals surface area contributed by atoms with E-state index in [-0.39, 0.29) is 0 Å². The first kappa shape index (κ1) is 15.2. The molecule has 0 aromatic carbocycles. The molecule has 6 nitrogen and oxygen atoms in total. The lowest BCUT2D eigenvalue weighted by Crippen LogP contribution is -2.35. The van der Waals surface area contributed by atoms with Crippen molar-refractivity contribution >= 4 is 0 Å². The molecular weight excluding hydrogens is 278 g/mol. The van der Waals surface area contributed by atoms with E-state index in [2.05, 4.69) is 32.9 Å². The van der Waals surface area contributed by atoms with Gasteiger partial charge in [-0.2, -0.15) is 10.2 Å². The molecule has 0 spiro atoms. The van der Waals surface area contributed by atoms with Gasteiger partial charge < -0.3 is 4.74 Å². The van der Waals surface area contributed by atoms with Crippen LogP contribution < -0.4 is 0 Å². The second-order valence-corrected chi connectivity index (χ2v) is 5.91. The van der Waals surface area contributed by atoms with Crippen LogP contribution in [-0.4, -0.2) is 44.2 Å². The van der Waals surface area contributed by atoms with Crippen molar-refractivity contribution < 1.29 is 4.74 Å². The molecule has 6 heteroatoms. The van der Waals surface area contributed by atoms with Crippen molar-refractivity contribution in [2.24, 2.45) is 7.05 Å². The van der Waals surface area contributed by atoms with Gasteiger partial charge in [-0.1, -0.05) is 0 Å². The van der Waals surface area contributed by atoms with Crippen molar-refractivity contribution in [3.63, 3.8) is 0 Å². The van der Waals surface area contributed by atoms with E-state index in [1.54, 1.807) is 0 Å². The molecule has 0 N–H and O–H groups in total. The van der Waals surface area contributed by atoms with Gasteiger partial charge in [-0.3, -0.25) is 14.3 Å². The lowest BCUT2D eigenvalue weighted by molar-refractivity contribution is 0.104. The van der Waals surface area contributed by atoms with Crippen LogP contribution in [0.4, 0.5) is 0 Å². The van der Waals surface area contributed by atoms with Gasteiger partial charge in [0.1, 0.15) is 0 Å². The molecule has 1 atom stereocenters. The molecule has 0 saturated heterocycles. The Morgan fingerprint density at radius 1 is 1.27 bits per heavy atom. The van der Waals surface area contributed by atoms with Gasteiger partial charge in [0.2, 0.25) is 0 Å². The Kier molecular flexibility index (Phi) is 4.59. The molecule has 2 aromatic heterocycles. The van der Waals surface area contributed by atoms with Crippen molar-refractivity contribution in [2.75, 3.05) is 19.8 Å². The van der Waals surface area contributed by atoms with Crippen LogP contribution in [0.25, 0.3) is 0 Å². The van der Waals surface area contributed by atoms with Crippen molar-refractivity contribution in [1.82, 2.24) is 24.5 Å². The molecule has 0 amide bonds.